The topological polar surface area (TPSA) is 3.24 Å². The molecule has 2 aromatic carbocycles. The van der Waals surface area contributed by atoms with Crippen molar-refractivity contribution >= 4 is 29.1 Å². The summed E-state index contributed by atoms with van der Waals surface area (Å²) in [6.45, 7) is 3.16. The zero-order valence-electron chi connectivity index (χ0n) is 11.3. The second-order valence-electron chi connectivity index (χ2n) is 4.86. The number of thioether (sulfide) groups is 1. The fourth-order valence-corrected chi connectivity index (χ4v) is 3.50. The highest BCUT2D eigenvalue weighted by atomic mass is 35.5. The van der Waals surface area contributed by atoms with Gasteiger partial charge in [-0.25, -0.2) is 0 Å². The molecule has 1 nitrogen and oxygen atoms in total. The van der Waals surface area contributed by atoms with Crippen LogP contribution in [-0.2, 0) is 6.54 Å². The number of rotatable bonds is 3. The lowest BCUT2D eigenvalue weighted by Gasteiger charge is -2.27. The highest BCUT2D eigenvalue weighted by molar-refractivity contribution is 8.03. The molecule has 1 atom stereocenters. The van der Waals surface area contributed by atoms with E-state index in [2.05, 4.69) is 53.6 Å². The van der Waals surface area contributed by atoms with Crippen LogP contribution in [0.3, 0.4) is 0 Å². The summed E-state index contributed by atoms with van der Waals surface area (Å²) >= 11 is 7.97. The highest BCUT2D eigenvalue weighted by Crippen LogP contribution is 2.38. The Bertz CT molecular complexity index is 624. The normalized spacial score (nSPS) is 18.2. The van der Waals surface area contributed by atoms with Crippen LogP contribution >= 0.6 is 23.4 Å². The van der Waals surface area contributed by atoms with Gasteiger partial charge in [0.1, 0.15) is 0 Å². The maximum absolute atomic E-state index is 6.12. The van der Waals surface area contributed by atoms with Gasteiger partial charge in [0.2, 0.25) is 0 Å². The first-order valence-corrected chi connectivity index (χ1v) is 7.98. The van der Waals surface area contributed by atoms with Crippen LogP contribution in [0.5, 0.6) is 0 Å². The van der Waals surface area contributed by atoms with Gasteiger partial charge in [-0.1, -0.05) is 54.1 Å². The molecule has 0 spiro atoms. The minimum Gasteiger partial charge on any atom is -0.354 e. The summed E-state index contributed by atoms with van der Waals surface area (Å²) in [7, 11) is 0. The van der Waals surface area contributed by atoms with Crippen LogP contribution in [0.25, 0.3) is 5.70 Å². The molecule has 102 valence electrons. The molecule has 0 fully saturated rings. The summed E-state index contributed by atoms with van der Waals surface area (Å²) in [6.07, 6.45) is 0. The van der Waals surface area contributed by atoms with Gasteiger partial charge in [0.05, 0.1) is 11.1 Å². The third-order valence-corrected chi connectivity index (χ3v) is 4.68. The molecule has 0 amide bonds. The second kappa shape index (κ2) is 5.94. The average Bonchev–Trinajstić information content (AvgIpc) is 2.82. The molecule has 0 saturated carbocycles. The SMILES string of the molecule is CC1SC=C(c2cccc(Cl)c2)N1Cc1ccccc1. The molecule has 1 aliphatic rings. The fourth-order valence-electron chi connectivity index (χ4n) is 2.38. The smallest absolute Gasteiger partial charge is 0.0767 e. The number of benzene rings is 2. The molecule has 1 heterocycles. The molecule has 3 heteroatoms. The van der Waals surface area contributed by atoms with Gasteiger partial charge in [-0.05, 0) is 35.6 Å². The van der Waals surface area contributed by atoms with E-state index in [1.165, 1.54) is 16.8 Å². The first-order chi connectivity index (χ1) is 9.74. The van der Waals surface area contributed by atoms with E-state index in [1.54, 1.807) is 0 Å². The van der Waals surface area contributed by atoms with Crippen molar-refractivity contribution in [1.82, 2.24) is 4.90 Å². The van der Waals surface area contributed by atoms with Crippen molar-refractivity contribution < 1.29 is 0 Å². The number of hydrogen-bond donors (Lipinski definition) is 0. The van der Waals surface area contributed by atoms with Gasteiger partial charge in [0.15, 0.2) is 0 Å². The molecular weight excluding hydrogens is 286 g/mol. The Hall–Kier alpha value is -1.38. The van der Waals surface area contributed by atoms with E-state index in [0.29, 0.717) is 5.37 Å². The summed E-state index contributed by atoms with van der Waals surface area (Å²) in [6, 6.07) is 18.7. The number of hydrogen-bond acceptors (Lipinski definition) is 2. The molecule has 0 bridgehead atoms. The summed E-state index contributed by atoms with van der Waals surface area (Å²) in [5.74, 6) is 0. The molecule has 2 aromatic rings. The number of nitrogens with zero attached hydrogens (tertiary/aromatic N) is 1. The molecule has 1 unspecified atom stereocenters. The largest absolute Gasteiger partial charge is 0.354 e. The lowest BCUT2D eigenvalue weighted by Crippen LogP contribution is -2.24. The Morgan fingerprint density at radius 1 is 1.10 bits per heavy atom. The van der Waals surface area contributed by atoms with Crippen LogP contribution in [0.4, 0.5) is 0 Å². The third-order valence-electron chi connectivity index (χ3n) is 3.44. The molecule has 0 aliphatic carbocycles. The van der Waals surface area contributed by atoms with Gasteiger partial charge < -0.3 is 4.90 Å². The molecule has 0 N–H and O–H groups in total. The van der Waals surface area contributed by atoms with E-state index < -0.39 is 0 Å². The summed E-state index contributed by atoms with van der Waals surface area (Å²) in [5.41, 5.74) is 3.77. The predicted molar refractivity (Wildman–Crippen MR) is 88.5 cm³/mol. The molecule has 0 radical (unpaired) electrons. The summed E-state index contributed by atoms with van der Waals surface area (Å²) in [4.78, 5) is 2.42. The van der Waals surface area contributed by atoms with Gasteiger partial charge in [0, 0.05) is 11.6 Å². The first kappa shape index (κ1) is 13.6. The van der Waals surface area contributed by atoms with Crippen molar-refractivity contribution in [1.29, 1.82) is 0 Å². The van der Waals surface area contributed by atoms with Crippen molar-refractivity contribution in [3.63, 3.8) is 0 Å². The van der Waals surface area contributed by atoms with Gasteiger partial charge in [-0.15, -0.1) is 11.8 Å². The molecule has 1 aliphatic heterocycles. The van der Waals surface area contributed by atoms with E-state index in [1.807, 2.05) is 30.0 Å². The van der Waals surface area contributed by atoms with Gasteiger partial charge >= 0.3 is 0 Å². The van der Waals surface area contributed by atoms with Crippen molar-refractivity contribution in [3.05, 3.63) is 76.2 Å². The Morgan fingerprint density at radius 2 is 1.90 bits per heavy atom. The van der Waals surface area contributed by atoms with Gasteiger partial charge in [0.25, 0.3) is 0 Å². The average molecular weight is 302 g/mol. The van der Waals surface area contributed by atoms with Gasteiger partial charge in [-0.2, -0.15) is 0 Å². The van der Waals surface area contributed by atoms with Crippen molar-refractivity contribution in [2.24, 2.45) is 0 Å². The molecule has 3 rings (SSSR count). The standard InChI is InChI=1S/C17H16ClNS/c1-13-19(11-14-6-3-2-4-7-14)17(12-20-13)15-8-5-9-16(18)10-15/h2-10,12-13H,11H2,1H3. The fraction of sp³-hybridized carbons (Fsp3) is 0.176. The molecule has 0 aromatic heterocycles. The van der Waals surface area contributed by atoms with Crippen LogP contribution in [0.1, 0.15) is 18.1 Å². The van der Waals surface area contributed by atoms with Gasteiger partial charge in [-0.3, -0.25) is 0 Å². The molecular formula is C17H16ClNS. The highest BCUT2D eigenvalue weighted by Gasteiger charge is 2.24. The third kappa shape index (κ3) is 2.87. The van der Waals surface area contributed by atoms with E-state index in [-0.39, 0.29) is 0 Å². The zero-order chi connectivity index (χ0) is 13.9. The van der Waals surface area contributed by atoms with Crippen LogP contribution < -0.4 is 0 Å². The van der Waals surface area contributed by atoms with Crippen molar-refractivity contribution in [2.45, 2.75) is 18.8 Å². The van der Waals surface area contributed by atoms with Crippen LogP contribution in [0.2, 0.25) is 5.02 Å². The summed E-state index contributed by atoms with van der Waals surface area (Å²) in [5, 5.41) is 3.47. The first-order valence-electron chi connectivity index (χ1n) is 6.66. The maximum Gasteiger partial charge on any atom is 0.0767 e. The quantitative estimate of drug-likeness (QED) is 0.763. The Balaban J connectivity index is 1.87. The Kier molecular flexibility index (Phi) is 4.04. The Labute approximate surface area is 129 Å². The van der Waals surface area contributed by atoms with Crippen LogP contribution in [0.15, 0.2) is 60.0 Å². The van der Waals surface area contributed by atoms with E-state index in [4.69, 9.17) is 11.6 Å². The number of halogens is 1. The van der Waals surface area contributed by atoms with Crippen molar-refractivity contribution in [3.8, 4) is 0 Å². The van der Waals surface area contributed by atoms with Crippen molar-refractivity contribution in [2.75, 3.05) is 0 Å². The maximum atomic E-state index is 6.12. The van der Waals surface area contributed by atoms with E-state index in [9.17, 15) is 0 Å². The monoisotopic (exact) mass is 301 g/mol. The van der Waals surface area contributed by atoms with E-state index in [0.717, 1.165) is 11.6 Å². The second-order valence-corrected chi connectivity index (χ2v) is 6.49. The van der Waals surface area contributed by atoms with E-state index >= 15 is 0 Å². The lowest BCUT2D eigenvalue weighted by atomic mass is 10.1. The summed E-state index contributed by atoms with van der Waals surface area (Å²) < 4.78 is 0. The minimum atomic E-state index is 0.448. The predicted octanol–water partition coefficient (Wildman–Crippen LogP) is 5.23. The molecule has 0 saturated heterocycles. The minimum absolute atomic E-state index is 0.448. The Morgan fingerprint density at radius 3 is 2.65 bits per heavy atom. The van der Waals surface area contributed by atoms with Crippen LogP contribution in [-0.4, -0.2) is 10.3 Å². The zero-order valence-corrected chi connectivity index (χ0v) is 12.9. The molecule has 20 heavy (non-hydrogen) atoms. The lowest BCUT2D eigenvalue weighted by molar-refractivity contribution is 0.391. The van der Waals surface area contributed by atoms with Crippen LogP contribution in [0, 0.1) is 0 Å².